The van der Waals surface area contributed by atoms with Gasteiger partial charge < -0.3 is 20.3 Å². The number of nitrogens with zero attached hydrogens (tertiary/aromatic N) is 2. The van der Waals surface area contributed by atoms with Gasteiger partial charge in [0, 0.05) is 0 Å². The van der Waals surface area contributed by atoms with Crippen LogP contribution in [0.15, 0.2) is 12.1 Å². The highest BCUT2D eigenvalue weighted by molar-refractivity contribution is 7.51. The topological polar surface area (TPSA) is 129 Å². The predicted octanol–water partition coefficient (Wildman–Crippen LogP) is 1.26. The second kappa shape index (κ2) is 4.55. The van der Waals surface area contributed by atoms with Crippen LogP contribution in [0.2, 0.25) is 0 Å². The first-order chi connectivity index (χ1) is 8.40. The summed E-state index contributed by atoms with van der Waals surface area (Å²) in [5.41, 5.74) is 6.28. The van der Waals surface area contributed by atoms with Crippen LogP contribution in [0.3, 0.4) is 0 Å². The van der Waals surface area contributed by atoms with Crippen molar-refractivity contribution in [3.05, 3.63) is 17.7 Å². The molecule has 0 saturated heterocycles. The number of anilines is 1. The third-order valence-electron chi connectivity index (χ3n) is 2.03. The van der Waals surface area contributed by atoms with Crippen LogP contribution in [-0.2, 0) is 4.57 Å². The standard InChI is InChI=1S/C9H8N3O4PS/c10-3-5-1-2-6(16-4-17(13,14)15)7-8(5)18-9(11)12-7/h1-2H,4H2,(H2,11,12)(H2,13,14,15). The van der Waals surface area contributed by atoms with Crippen LogP contribution in [0.4, 0.5) is 5.13 Å². The van der Waals surface area contributed by atoms with E-state index in [1.807, 2.05) is 6.07 Å². The zero-order valence-corrected chi connectivity index (χ0v) is 10.6. The van der Waals surface area contributed by atoms with Crippen LogP contribution >= 0.6 is 18.9 Å². The first kappa shape index (κ1) is 12.8. The number of fused-ring (bicyclic) bond motifs is 1. The average Bonchev–Trinajstić information content (AvgIpc) is 2.66. The van der Waals surface area contributed by atoms with Crippen molar-refractivity contribution in [1.29, 1.82) is 5.26 Å². The molecule has 0 unspecified atom stereocenters. The van der Waals surface area contributed by atoms with Gasteiger partial charge in [0.25, 0.3) is 0 Å². The quantitative estimate of drug-likeness (QED) is 0.724. The molecule has 9 heteroatoms. The Hall–Kier alpha value is -1.65. The normalized spacial score (nSPS) is 11.4. The summed E-state index contributed by atoms with van der Waals surface area (Å²) >= 11 is 1.12. The molecule has 0 aliphatic carbocycles. The van der Waals surface area contributed by atoms with Gasteiger partial charge in [-0.05, 0) is 12.1 Å². The van der Waals surface area contributed by atoms with Crippen molar-refractivity contribution in [1.82, 2.24) is 4.98 Å². The summed E-state index contributed by atoms with van der Waals surface area (Å²) < 4.78 is 16.3. The van der Waals surface area contributed by atoms with Crippen molar-refractivity contribution in [3.8, 4) is 11.8 Å². The summed E-state index contributed by atoms with van der Waals surface area (Å²) in [6.45, 7) is 0. The number of aromatic nitrogens is 1. The molecule has 1 aromatic heterocycles. The maximum absolute atomic E-state index is 10.7. The zero-order chi connectivity index (χ0) is 13.3. The van der Waals surface area contributed by atoms with Crippen molar-refractivity contribution >= 4 is 34.3 Å². The molecule has 0 saturated carbocycles. The number of benzene rings is 1. The molecular weight excluding hydrogens is 277 g/mol. The molecule has 94 valence electrons. The van der Waals surface area contributed by atoms with Gasteiger partial charge in [-0.15, -0.1) is 0 Å². The molecule has 0 amide bonds. The molecule has 0 atom stereocenters. The monoisotopic (exact) mass is 285 g/mol. The maximum atomic E-state index is 10.7. The number of hydrogen-bond donors (Lipinski definition) is 3. The molecular formula is C9H8N3O4PS. The predicted molar refractivity (Wildman–Crippen MR) is 66.3 cm³/mol. The fraction of sp³-hybridized carbons (Fsp3) is 0.111. The highest BCUT2D eigenvalue weighted by atomic mass is 32.1. The molecule has 2 aromatic rings. The van der Waals surface area contributed by atoms with E-state index in [-0.39, 0.29) is 10.9 Å². The summed E-state index contributed by atoms with van der Waals surface area (Å²) in [4.78, 5) is 21.5. The van der Waals surface area contributed by atoms with Gasteiger partial charge in [-0.3, -0.25) is 4.57 Å². The van der Waals surface area contributed by atoms with Gasteiger partial charge in [-0.25, -0.2) is 4.98 Å². The lowest BCUT2D eigenvalue weighted by Crippen LogP contribution is -1.98. The van der Waals surface area contributed by atoms with Crippen molar-refractivity contribution in [3.63, 3.8) is 0 Å². The Morgan fingerprint density at radius 2 is 2.28 bits per heavy atom. The summed E-state index contributed by atoms with van der Waals surface area (Å²) in [6, 6.07) is 4.92. The van der Waals surface area contributed by atoms with E-state index in [1.165, 1.54) is 12.1 Å². The fourth-order valence-electron chi connectivity index (χ4n) is 1.36. The van der Waals surface area contributed by atoms with Crippen molar-refractivity contribution < 1.29 is 19.1 Å². The number of nitriles is 1. The Labute approximate surface area is 106 Å². The van der Waals surface area contributed by atoms with Gasteiger partial charge in [0.05, 0.1) is 10.3 Å². The Balaban J connectivity index is 2.47. The number of rotatable bonds is 3. The smallest absolute Gasteiger partial charge is 0.362 e. The first-order valence-electron chi connectivity index (χ1n) is 4.67. The molecule has 0 bridgehead atoms. The minimum atomic E-state index is -4.26. The van der Waals surface area contributed by atoms with E-state index in [0.717, 1.165) is 11.3 Å². The lowest BCUT2D eigenvalue weighted by atomic mass is 10.2. The SMILES string of the molecule is N#Cc1ccc(OCP(=O)(O)O)c2nc(N)sc12. The van der Waals surface area contributed by atoms with Crippen LogP contribution in [0.25, 0.3) is 10.2 Å². The lowest BCUT2D eigenvalue weighted by molar-refractivity contribution is 0.302. The van der Waals surface area contributed by atoms with E-state index in [0.29, 0.717) is 15.8 Å². The summed E-state index contributed by atoms with van der Waals surface area (Å²) in [5, 5.41) is 9.18. The molecule has 0 radical (unpaired) electrons. The zero-order valence-electron chi connectivity index (χ0n) is 8.90. The van der Waals surface area contributed by atoms with Crippen molar-refractivity contribution in [2.45, 2.75) is 0 Å². The van der Waals surface area contributed by atoms with Gasteiger partial charge in [0.15, 0.2) is 11.5 Å². The summed E-state index contributed by atoms with van der Waals surface area (Å²) in [6.07, 6.45) is -0.745. The third-order valence-corrected chi connectivity index (χ3v) is 3.42. The molecule has 0 spiro atoms. The maximum Gasteiger partial charge on any atom is 0.362 e. The number of thiazole rings is 1. The molecule has 18 heavy (non-hydrogen) atoms. The van der Waals surface area contributed by atoms with E-state index < -0.39 is 13.9 Å². The third kappa shape index (κ3) is 2.60. The second-order valence-corrected chi connectivity index (χ2v) is 6.01. The summed E-state index contributed by atoms with van der Waals surface area (Å²) in [7, 11) is -4.26. The van der Waals surface area contributed by atoms with Crippen molar-refractivity contribution in [2.24, 2.45) is 0 Å². The van der Waals surface area contributed by atoms with E-state index in [4.69, 9.17) is 25.5 Å². The number of hydrogen-bond acceptors (Lipinski definition) is 6. The van der Waals surface area contributed by atoms with Crippen LogP contribution in [0, 0.1) is 11.3 Å². The molecule has 1 heterocycles. The number of nitrogens with two attached hydrogens (primary N) is 1. The van der Waals surface area contributed by atoms with E-state index >= 15 is 0 Å². The first-order valence-corrected chi connectivity index (χ1v) is 7.28. The van der Waals surface area contributed by atoms with Gasteiger partial charge in [-0.2, -0.15) is 5.26 Å². The molecule has 7 nitrogen and oxygen atoms in total. The van der Waals surface area contributed by atoms with Crippen LogP contribution in [-0.4, -0.2) is 21.1 Å². The molecule has 0 aliphatic rings. The highest BCUT2D eigenvalue weighted by Crippen LogP contribution is 2.38. The molecule has 1 aromatic carbocycles. The highest BCUT2D eigenvalue weighted by Gasteiger charge is 2.17. The van der Waals surface area contributed by atoms with Crippen LogP contribution in [0.1, 0.15) is 5.56 Å². The van der Waals surface area contributed by atoms with Gasteiger partial charge in [0.2, 0.25) is 0 Å². The Kier molecular flexibility index (Phi) is 3.24. The molecule has 4 N–H and O–H groups in total. The van der Waals surface area contributed by atoms with Crippen LogP contribution < -0.4 is 10.5 Å². The van der Waals surface area contributed by atoms with Crippen molar-refractivity contribution in [2.75, 3.05) is 12.1 Å². The average molecular weight is 285 g/mol. The molecule has 0 aliphatic heterocycles. The summed E-state index contributed by atoms with van der Waals surface area (Å²) in [5.74, 6) is 0.195. The fourth-order valence-corrected chi connectivity index (χ4v) is 2.48. The number of ether oxygens (including phenoxy) is 1. The lowest BCUT2D eigenvalue weighted by Gasteiger charge is -2.07. The van der Waals surface area contributed by atoms with Gasteiger partial charge >= 0.3 is 7.60 Å². The Bertz CT molecular complexity index is 687. The number of nitrogen functional groups attached to an aromatic ring is 1. The minimum Gasteiger partial charge on any atom is -0.479 e. The minimum absolute atomic E-state index is 0.195. The second-order valence-electron chi connectivity index (χ2n) is 3.39. The Morgan fingerprint density at radius 1 is 1.56 bits per heavy atom. The van der Waals surface area contributed by atoms with E-state index in [2.05, 4.69) is 4.98 Å². The van der Waals surface area contributed by atoms with E-state index in [1.54, 1.807) is 0 Å². The Morgan fingerprint density at radius 3 is 2.89 bits per heavy atom. The van der Waals surface area contributed by atoms with Gasteiger partial charge in [-0.1, -0.05) is 11.3 Å². The van der Waals surface area contributed by atoms with E-state index in [9.17, 15) is 4.57 Å². The molecule has 2 rings (SSSR count). The van der Waals surface area contributed by atoms with Gasteiger partial charge in [0.1, 0.15) is 17.3 Å². The largest absolute Gasteiger partial charge is 0.479 e. The van der Waals surface area contributed by atoms with Crippen LogP contribution in [0.5, 0.6) is 5.75 Å². The molecule has 0 fully saturated rings.